The van der Waals surface area contributed by atoms with E-state index in [-0.39, 0.29) is 18.4 Å². The van der Waals surface area contributed by atoms with E-state index in [1.807, 2.05) is 25.1 Å². The molecule has 0 unspecified atom stereocenters. The summed E-state index contributed by atoms with van der Waals surface area (Å²) in [6.07, 6.45) is 3.18. The van der Waals surface area contributed by atoms with Crippen LogP contribution in [0.3, 0.4) is 0 Å². The van der Waals surface area contributed by atoms with E-state index < -0.39 is 0 Å². The van der Waals surface area contributed by atoms with Gasteiger partial charge in [-0.25, -0.2) is 0 Å². The van der Waals surface area contributed by atoms with E-state index in [1.165, 1.54) is 5.56 Å². The number of pyridine rings is 1. The number of aliphatic hydroxyl groups is 1. The van der Waals surface area contributed by atoms with Crippen LogP contribution in [0.5, 0.6) is 5.75 Å². The highest BCUT2D eigenvalue weighted by molar-refractivity contribution is 5.85. The van der Waals surface area contributed by atoms with Crippen molar-refractivity contribution in [3.8, 4) is 16.9 Å². The molecule has 0 amide bonds. The molecule has 2 aromatic carbocycles. The summed E-state index contributed by atoms with van der Waals surface area (Å²) in [5.41, 5.74) is 5.02. The van der Waals surface area contributed by atoms with E-state index in [0.29, 0.717) is 16.8 Å². The Bertz CT molecular complexity index is 903. The molecule has 3 rings (SSSR count). The molecule has 2 N–H and O–H groups in total. The molecular weight excluding hydrogens is 324 g/mol. The highest BCUT2D eigenvalue weighted by Crippen LogP contribution is 2.25. The third-order valence-electron chi connectivity index (χ3n) is 4.46. The van der Waals surface area contributed by atoms with Crippen LogP contribution in [0, 0.1) is 6.92 Å². The molecular formula is C22H22N2O2. The van der Waals surface area contributed by atoms with Gasteiger partial charge in [0.2, 0.25) is 0 Å². The van der Waals surface area contributed by atoms with Crippen molar-refractivity contribution >= 4 is 6.21 Å². The number of rotatable bonds is 5. The number of aromatic hydroxyl groups is 1. The number of benzene rings is 2. The topological polar surface area (TPSA) is 65.7 Å². The van der Waals surface area contributed by atoms with E-state index in [9.17, 15) is 10.2 Å². The van der Waals surface area contributed by atoms with Crippen LogP contribution in [0.15, 0.2) is 65.8 Å². The maximum absolute atomic E-state index is 10.2. The molecule has 0 bridgehead atoms. The average molecular weight is 346 g/mol. The number of nitrogens with zero attached hydrogens (tertiary/aromatic N) is 2. The quantitative estimate of drug-likeness (QED) is 0.672. The van der Waals surface area contributed by atoms with Gasteiger partial charge in [-0.05, 0) is 30.5 Å². The van der Waals surface area contributed by atoms with Crippen LogP contribution in [-0.4, -0.2) is 21.4 Å². The van der Waals surface area contributed by atoms with E-state index in [4.69, 9.17) is 0 Å². The van der Waals surface area contributed by atoms with Crippen LogP contribution in [-0.2, 0) is 6.61 Å². The van der Waals surface area contributed by atoms with Crippen molar-refractivity contribution in [2.24, 2.45) is 4.99 Å². The van der Waals surface area contributed by atoms with Gasteiger partial charge in [-0.1, -0.05) is 54.6 Å². The van der Waals surface area contributed by atoms with Crippen molar-refractivity contribution in [3.05, 3.63) is 83.2 Å². The zero-order valence-corrected chi connectivity index (χ0v) is 14.9. The number of aliphatic hydroxyl groups excluding tert-OH is 1. The summed E-state index contributed by atoms with van der Waals surface area (Å²) in [7, 11) is 0. The Labute approximate surface area is 153 Å². The van der Waals surface area contributed by atoms with E-state index in [1.54, 1.807) is 19.3 Å². The second-order valence-corrected chi connectivity index (χ2v) is 6.23. The van der Waals surface area contributed by atoms with Crippen molar-refractivity contribution in [1.29, 1.82) is 0 Å². The first-order valence-corrected chi connectivity index (χ1v) is 8.57. The van der Waals surface area contributed by atoms with E-state index >= 15 is 0 Å². The van der Waals surface area contributed by atoms with Crippen LogP contribution in [0.4, 0.5) is 0 Å². The maximum atomic E-state index is 10.2. The number of aromatic nitrogens is 1. The molecule has 0 saturated heterocycles. The molecule has 0 fully saturated rings. The Kier molecular flexibility index (Phi) is 5.44. The minimum Gasteiger partial charge on any atom is -0.505 e. The molecule has 26 heavy (non-hydrogen) atoms. The molecule has 132 valence electrons. The fraction of sp³-hybridized carbons (Fsp3) is 0.182. The maximum Gasteiger partial charge on any atom is 0.145 e. The van der Waals surface area contributed by atoms with Crippen molar-refractivity contribution in [3.63, 3.8) is 0 Å². The number of hydrogen-bond acceptors (Lipinski definition) is 4. The molecule has 0 radical (unpaired) electrons. The van der Waals surface area contributed by atoms with Gasteiger partial charge in [0.15, 0.2) is 0 Å². The summed E-state index contributed by atoms with van der Waals surface area (Å²) in [6.45, 7) is 3.53. The molecule has 0 aliphatic heterocycles. The first-order chi connectivity index (χ1) is 12.6. The van der Waals surface area contributed by atoms with Gasteiger partial charge < -0.3 is 10.2 Å². The SMILES string of the molecule is Cc1ncc(CO)c(C=N[C@@H](C)c2ccc(-c3ccccc3)cc2)c1O. The predicted octanol–water partition coefficient (Wildman–Crippen LogP) is 4.44. The van der Waals surface area contributed by atoms with Crippen LogP contribution in [0.2, 0.25) is 0 Å². The smallest absolute Gasteiger partial charge is 0.145 e. The van der Waals surface area contributed by atoms with Crippen LogP contribution < -0.4 is 0 Å². The van der Waals surface area contributed by atoms with E-state index in [2.05, 4.69) is 46.4 Å². The third-order valence-corrected chi connectivity index (χ3v) is 4.46. The van der Waals surface area contributed by atoms with Crippen LogP contribution in [0.1, 0.15) is 35.3 Å². The highest BCUT2D eigenvalue weighted by Gasteiger charge is 2.10. The molecule has 0 spiro atoms. The largest absolute Gasteiger partial charge is 0.505 e. The molecule has 3 aromatic rings. The zero-order valence-electron chi connectivity index (χ0n) is 14.9. The summed E-state index contributed by atoms with van der Waals surface area (Å²) in [4.78, 5) is 8.62. The van der Waals surface area contributed by atoms with Gasteiger partial charge in [-0.15, -0.1) is 0 Å². The molecule has 4 nitrogen and oxygen atoms in total. The Hall–Kier alpha value is -2.98. The summed E-state index contributed by atoms with van der Waals surface area (Å²) in [5.74, 6) is 0.0620. The molecule has 1 heterocycles. The molecule has 4 heteroatoms. The normalized spacial score (nSPS) is 12.4. The summed E-state index contributed by atoms with van der Waals surface area (Å²) < 4.78 is 0. The van der Waals surface area contributed by atoms with Crippen molar-refractivity contribution < 1.29 is 10.2 Å². The summed E-state index contributed by atoms with van der Waals surface area (Å²) >= 11 is 0. The average Bonchev–Trinajstić information content (AvgIpc) is 2.69. The van der Waals surface area contributed by atoms with Gasteiger partial charge in [-0.2, -0.15) is 0 Å². The highest BCUT2D eigenvalue weighted by atomic mass is 16.3. The van der Waals surface area contributed by atoms with Crippen molar-refractivity contribution in [1.82, 2.24) is 4.98 Å². The number of hydrogen-bond donors (Lipinski definition) is 2. The fourth-order valence-corrected chi connectivity index (χ4v) is 2.78. The summed E-state index contributed by atoms with van der Waals surface area (Å²) in [5, 5.41) is 19.6. The zero-order chi connectivity index (χ0) is 18.5. The van der Waals surface area contributed by atoms with Gasteiger partial charge >= 0.3 is 0 Å². The van der Waals surface area contributed by atoms with Gasteiger partial charge in [0.1, 0.15) is 5.75 Å². The summed E-state index contributed by atoms with van der Waals surface area (Å²) in [6, 6.07) is 18.5. The molecule has 0 aliphatic rings. The lowest BCUT2D eigenvalue weighted by Crippen LogP contribution is -1.99. The number of aliphatic imine (C=N–C) groups is 1. The Morgan fingerprint density at radius 2 is 1.69 bits per heavy atom. The first-order valence-electron chi connectivity index (χ1n) is 8.57. The minimum absolute atomic E-state index is 0.0620. The van der Waals surface area contributed by atoms with Crippen LogP contribution in [0.25, 0.3) is 11.1 Å². The standard InChI is InChI=1S/C22H22N2O2/c1-15(24-13-21-20(14-25)12-23-16(2)22(21)26)17-8-10-19(11-9-17)18-6-4-3-5-7-18/h3-13,15,25-26H,14H2,1-2H3/t15-/m0/s1. The second-order valence-electron chi connectivity index (χ2n) is 6.23. The molecule has 1 aromatic heterocycles. The van der Waals surface area contributed by atoms with Crippen LogP contribution >= 0.6 is 0 Å². The minimum atomic E-state index is -0.192. The Morgan fingerprint density at radius 1 is 1.04 bits per heavy atom. The molecule has 1 atom stereocenters. The predicted molar refractivity (Wildman–Crippen MR) is 104 cm³/mol. The first kappa shape index (κ1) is 17.8. The third kappa shape index (κ3) is 3.81. The lowest BCUT2D eigenvalue weighted by Gasteiger charge is -2.10. The van der Waals surface area contributed by atoms with Crippen molar-refractivity contribution in [2.75, 3.05) is 0 Å². The lowest BCUT2D eigenvalue weighted by molar-refractivity contribution is 0.280. The monoisotopic (exact) mass is 346 g/mol. The lowest BCUT2D eigenvalue weighted by atomic mass is 10.0. The number of aryl methyl sites for hydroxylation is 1. The van der Waals surface area contributed by atoms with Gasteiger partial charge in [-0.3, -0.25) is 9.98 Å². The van der Waals surface area contributed by atoms with Crippen molar-refractivity contribution in [2.45, 2.75) is 26.5 Å². The van der Waals surface area contributed by atoms with Gasteiger partial charge in [0, 0.05) is 23.5 Å². The van der Waals surface area contributed by atoms with E-state index in [0.717, 1.165) is 11.1 Å². The van der Waals surface area contributed by atoms with Gasteiger partial charge in [0.25, 0.3) is 0 Å². The molecule has 0 saturated carbocycles. The molecule has 0 aliphatic carbocycles. The Morgan fingerprint density at radius 3 is 2.35 bits per heavy atom. The van der Waals surface area contributed by atoms with Gasteiger partial charge in [0.05, 0.1) is 18.3 Å². The Balaban J connectivity index is 1.81. The fourth-order valence-electron chi connectivity index (χ4n) is 2.78. The second kappa shape index (κ2) is 7.93.